The summed E-state index contributed by atoms with van der Waals surface area (Å²) < 4.78 is 26.7. The Kier molecular flexibility index (Phi) is 4.10. The number of piperazine rings is 1. The van der Waals surface area contributed by atoms with Gasteiger partial charge >= 0.3 is 6.09 Å². The lowest BCUT2D eigenvalue weighted by Gasteiger charge is -2.33. The van der Waals surface area contributed by atoms with Crippen LogP contribution in [0, 0.1) is 11.6 Å². The second-order valence-electron chi connectivity index (χ2n) is 5.29. The van der Waals surface area contributed by atoms with E-state index in [1.807, 2.05) is 4.90 Å². The van der Waals surface area contributed by atoms with Crippen molar-refractivity contribution in [3.63, 3.8) is 0 Å². The molecule has 0 radical (unpaired) electrons. The van der Waals surface area contributed by atoms with E-state index >= 15 is 0 Å². The van der Waals surface area contributed by atoms with Crippen LogP contribution in [-0.4, -0.2) is 47.3 Å². The van der Waals surface area contributed by atoms with Crippen molar-refractivity contribution in [2.75, 3.05) is 31.1 Å². The van der Waals surface area contributed by atoms with Crippen molar-refractivity contribution in [1.82, 2.24) is 9.88 Å². The molecule has 0 aliphatic carbocycles. The predicted molar refractivity (Wildman–Crippen MR) is 81.4 cm³/mol. The van der Waals surface area contributed by atoms with Gasteiger partial charge in [0.2, 0.25) is 0 Å². The van der Waals surface area contributed by atoms with Crippen LogP contribution in [0.4, 0.5) is 19.4 Å². The Labute approximate surface area is 131 Å². The molecule has 1 aromatic carbocycles. The number of halogens is 2. The van der Waals surface area contributed by atoms with Crippen LogP contribution < -0.4 is 4.90 Å². The normalized spacial score (nSPS) is 14.9. The minimum Gasteiger partial charge on any atom is -0.465 e. The Morgan fingerprint density at radius 1 is 1.09 bits per heavy atom. The van der Waals surface area contributed by atoms with Gasteiger partial charge in [0.1, 0.15) is 17.5 Å². The Morgan fingerprint density at radius 3 is 2.39 bits per heavy atom. The number of nitrogens with zero attached hydrogens (tertiary/aromatic N) is 3. The highest BCUT2D eigenvalue weighted by Gasteiger charge is 2.21. The first-order valence-corrected chi connectivity index (χ1v) is 7.19. The molecule has 1 aromatic heterocycles. The fourth-order valence-electron chi connectivity index (χ4n) is 2.58. The first kappa shape index (κ1) is 15.2. The molecule has 1 fully saturated rings. The van der Waals surface area contributed by atoms with Gasteiger partial charge < -0.3 is 14.9 Å². The number of rotatable bonds is 2. The molecule has 2 aromatic rings. The Bertz CT molecular complexity index is 714. The molecule has 0 atom stereocenters. The molecule has 23 heavy (non-hydrogen) atoms. The highest BCUT2D eigenvalue weighted by Crippen LogP contribution is 2.24. The predicted octanol–water partition coefficient (Wildman–Crippen LogP) is 2.83. The smallest absolute Gasteiger partial charge is 0.407 e. The molecule has 1 aliphatic rings. The van der Waals surface area contributed by atoms with Crippen molar-refractivity contribution < 1.29 is 18.7 Å². The number of benzene rings is 1. The molecule has 1 saturated heterocycles. The van der Waals surface area contributed by atoms with Crippen LogP contribution in [0.25, 0.3) is 11.1 Å². The number of aromatic nitrogens is 1. The maximum absolute atomic E-state index is 13.8. The van der Waals surface area contributed by atoms with Gasteiger partial charge in [-0.15, -0.1) is 0 Å². The molecule has 5 nitrogen and oxygen atoms in total. The molecule has 120 valence electrons. The van der Waals surface area contributed by atoms with Gasteiger partial charge in [0.05, 0.1) is 0 Å². The van der Waals surface area contributed by atoms with E-state index in [0.29, 0.717) is 43.1 Å². The first-order chi connectivity index (χ1) is 11.0. The van der Waals surface area contributed by atoms with Crippen molar-refractivity contribution in [3.05, 3.63) is 48.2 Å². The lowest BCUT2D eigenvalue weighted by Crippen LogP contribution is -2.48. The summed E-state index contributed by atoms with van der Waals surface area (Å²) >= 11 is 0. The zero-order chi connectivity index (χ0) is 16.4. The van der Waals surface area contributed by atoms with E-state index in [0.717, 1.165) is 6.07 Å². The number of carbonyl (C=O) groups is 1. The average Bonchev–Trinajstić information content (AvgIpc) is 2.55. The summed E-state index contributed by atoms with van der Waals surface area (Å²) in [6.07, 6.45) is 0.620. The SMILES string of the molecule is O=C(O)N1CCN(c2ccc(-c3ccc(F)cc3F)cn2)CC1. The third-order valence-electron chi connectivity index (χ3n) is 3.86. The Balaban J connectivity index is 1.74. The topological polar surface area (TPSA) is 56.7 Å². The summed E-state index contributed by atoms with van der Waals surface area (Å²) in [5.41, 5.74) is 0.858. The molecule has 0 unspecified atom stereocenters. The number of hydrogen-bond donors (Lipinski definition) is 1. The summed E-state index contributed by atoms with van der Waals surface area (Å²) in [4.78, 5) is 18.5. The van der Waals surface area contributed by atoms with Gasteiger partial charge in [0, 0.05) is 49.6 Å². The number of amides is 1. The van der Waals surface area contributed by atoms with Crippen LogP contribution in [0.3, 0.4) is 0 Å². The van der Waals surface area contributed by atoms with Gasteiger partial charge in [0.15, 0.2) is 0 Å². The second-order valence-corrected chi connectivity index (χ2v) is 5.29. The average molecular weight is 319 g/mol. The quantitative estimate of drug-likeness (QED) is 0.925. The van der Waals surface area contributed by atoms with Gasteiger partial charge in [-0.05, 0) is 24.3 Å². The number of anilines is 1. The van der Waals surface area contributed by atoms with Gasteiger partial charge in [-0.1, -0.05) is 0 Å². The summed E-state index contributed by atoms with van der Waals surface area (Å²) in [7, 11) is 0. The van der Waals surface area contributed by atoms with Gasteiger partial charge in [0.25, 0.3) is 0 Å². The maximum Gasteiger partial charge on any atom is 0.407 e. The largest absolute Gasteiger partial charge is 0.465 e. The van der Waals surface area contributed by atoms with Gasteiger partial charge in [-0.2, -0.15) is 0 Å². The first-order valence-electron chi connectivity index (χ1n) is 7.19. The van der Waals surface area contributed by atoms with Crippen LogP contribution in [0.5, 0.6) is 0 Å². The monoisotopic (exact) mass is 319 g/mol. The number of carboxylic acid groups (broad SMARTS) is 1. The van der Waals surface area contributed by atoms with Gasteiger partial charge in [-0.3, -0.25) is 0 Å². The Hall–Kier alpha value is -2.70. The molecule has 0 bridgehead atoms. The molecule has 1 amide bonds. The van der Waals surface area contributed by atoms with Gasteiger partial charge in [-0.25, -0.2) is 18.6 Å². The third-order valence-corrected chi connectivity index (χ3v) is 3.86. The van der Waals surface area contributed by atoms with Crippen LogP contribution in [-0.2, 0) is 0 Å². The second kappa shape index (κ2) is 6.20. The third kappa shape index (κ3) is 3.23. The van der Waals surface area contributed by atoms with Crippen molar-refractivity contribution in [1.29, 1.82) is 0 Å². The number of pyridine rings is 1. The summed E-state index contributed by atoms with van der Waals surface area (Å²) in [5.74, 6) is -0.539. The fraction of sp³-hybridized carbons (Fsp3) is 0.250. The minimum absolute atomic E-state index is 0.293. The molecule has 0 spiro atoms. The van der Waals surface area contributed by atoms with Crippen LogP contribution in [0.15, 0.2) is 36.5 Å². The molecular weight excluding hydrogens is 304 g/mol. The molecule has 2 heterocycles. The zero-order valence-corrected chi connectivity index (χ0v) is 12.2. The van der Waals surface area contributed by atoms with E-state index < -0.39 is 17.7 Å². The molecule has 3 rings (SSSR count). The van der Waals surface area contributed by atoms with E-state index in [-0.39, 0.29) is 0 Å². The zero-order valence-electron chi connectivity index (χ0n) is 12.2. The van der Waals surface area contributed by atoms with Crippen LogP contribution in [0.2, 0.25) is 0 Å². The molecule has 0 saturated carbocycles. The number of hydrogen-bond acceptors (Lipinski definition) is 3. The molecular formula is C16H15F2N3O2. The van der Waals surface area contributed by atoms with Crippen molar-refractivity contribution >= 4 is 11.9 Å². The Morgan fingerprint density at radius 2 is 1.83 bits per heavy atom. The van der Waals surface area contributed by atoms with E-state index in [2.05, 4.69) is 4.98 Å². The lowest BCUT2D eigenvalue weighted by atomic mass is 10.1. The summed E-state index contributed by atoms with van der Waals surface area (Å²) in [6.45, 7) is 1.96. The summed E-state index contributed by atoms with van der Waals surface area (Å²) in [5, 5.41) is 8.93. The molecule has 1 aliphatic heterocycles. The van der Waals surface area contributed by atoms with E-state index in [1.54, 1.807) is 12.1 Å². The van der Waals surface area contributed by atoms with E-state index in [4.69, 9.17) is 5.11 Å². The van der Waals surface area contributed by atoms with Crippen molar-refractivity contribution in [2.45, 2.75) is 0 Å². The highest BCUT2D eigenvalue weighted by molar-refractivity contribution is 5.66. The standard InChI is InChI=1S/C16H15F2N3O2/c17-12-2-3-13(14(18)9-12)11-1-4-15(19-10-11)20-5-7-21(8-6-20)16(22)23/h1-4,9-10H,5-8H2,(H,22,23). The fourth-order valence-corrected chi connectivity index (χ4v) is 2.58. The van der Waals surface area contributed by atoms with E-state index in [9.17, 15) is 13.6 Å². The molecule has 7 heteroatoms. The minimum atomic E-state index is -0.917. The highest BCUT2D eigenvalue weighted by atomic mass is 19.1. The van der Waals surface area contributed by atoms with Crippen LogP contribution in [0.1, 0.15) is 0 Å². The van der Waals surface area contributed by atoms with Crippen LogP contribution >= 0.6 is 0 Å². The molecule has 1 N–H and O–H groups in total. The maximum atomic E-state index is 13.8. The van der Waals surface area contributed by atoms with Crippen molar-refractivity contribution in [3.8, 4) is 11.1 Å². The van der Waals surface area contributed by atoms with E-state index in [1.165, 1.54) is 23.2 Å². The lowest BCUT2D eigenvalue weighted by molar-refractivity contribution is 0.142. The summed E-state index contributed by atoms with van der Waals surface area (Å²) in [6, 6.07) is 6.91. The van der Waals surface area contributed by atoms with Crippen molar-refractivity contribution in [2.24, 2.45) is 0 Å².